The molecule has 0 saturated carbocycles. The van der Waals surface area contributed by atoms with Crippen molar-refractivity contribution in [3.8, 4) is 5.75 Å². The largest absolute Gasteiger partial charge is 0.446 e. The van der Waals surface area contributed by atoms with Crippen molar-refractivity contribution >= 4 is 46.7 Å². The summed E-state index contributed by atoms with van der Waals surface area (Å²) in [5, 5.41) is 19.6. The van der Waals surface area contributed by atoms with Crippen LogP contribution < -0.4 is 10.1 Å². The third kappa shape index (κ3) is 5.57. The molecular formula is C25H19ClN4O7. The van der Waals surface area contributed by atoms with E-state index in [1.807, 2.05) is 0 Å². The third-order valence-corrected chi connectivity index (χ3v) is 5.50. The molecule has 1 atom stereocenters. The third-order valence-electron chi connectivity index (χ3n) is 5.17. The number of hydrogen-bond donors (Lipinski definition) is 1. The first-order valence-electron chi connectivity index (χ1n) is 10.8. The van der Waals surface area contributed by atoms with Crippen LogP contribution in [-0.2, 0) is 14.3 Å². The summed E-state index contributed by atoms with van der Waals surface area (Å²) in [4.78, 5) is 47.3. The van der Waals surface area contributed by atoms with Crippen molar-refractivity contribution in [2.24, 2.45) is 5.10 Å². The van der Waals surface area contributed by atoms with E-state index in [0.717, 1.165) is 11.1 Å². The van der Waals surface area contributed by atoms with Crippen LogP contribution in [0.1, 0.15) is 41.6 Å². The maximum absolute atomic E-state index is 12.7. The van der Waals surface area contributed by atoms with Crippen molar-refractivity contribution < 1.29 is 28.8 Å². The van der Waals surface area contributed by atoms with Crippen LogP contribution in [0.5, 0.6) is 5.75 Å². The van der Waals surface area contributed by atoms with Gasteiger partial charge in [-0.05, 0) is 30.3 Å². The second-order valence-corrected chi connectivity index (χ2v) is 8.24. The van der Waals surface area contributed by atoms with Gasteiger partial charge in [-0.25, -0.2) is 0 Å². The molecule has 0 radical (unpaired) electrons. The number of nitro groups is 1. The molecule has 0 unspecified atom stereocenters. The van der Waals surface area contributed by atoms with E-state index in [1.54, 1.807) is 48.5 Å². The Bertz CT molecular complexity index is 1460. The lowest BCUT2D eigenvalue weighted by Gasteiger charge is -2.20. The SMILES string of the molecule is CC(=O)Oc1ccc([N+](=O)[O-])cc1C1=NN(C(C)=O)[C@@H](c2cccc(NC(=O)c3ccccc3Cl)c2)O1. The van der Waals surface area contributed by atoms with Crippen LogP contribution in [0.2, 0.25) is 5.02 Å². The molecule has 0 aliphatic carbocycles. The Hall–Kier alpha value is -4.77. The molecule has 1 aliphatic heterocycles. The number of rotatable bonds is 6. The van der Waals surface area contributed by atoms with Gasteiger partial charge in [0.05, 0.1) is 21.1 Å². The number of esters is 1. The molecule has 1 heterocycles. The summed E-state index contributed by atoms with van der Waals surface area (Å²) in [5.41, 5.74) is 0.858. The average molecular weight is 523 g/mol. The summed E-state index contributed by atoms with van der Waals surface area (Å²) < 4.78 is 11.1. The Kier molecular flexibility index (Phi) is 7.16. The summed E-state index contributed by atoms with van der Waals surface area (Å²) in [7, 11) is 0. The minimum atomic E-state index is -1.06. The van der Waals surface area contributed by atoms with E-state index in [4.69, 9.17) is 21.1 Å². The van der Waals surface area contributed by atoms with E-state index in [0.29, 0.717) is 11.3 Å². The highest BCUT2D eigenvalue weighted by atomic mass is 35.5. The minimum absolute atomic E-state index is 0.0151. The fourth-order valence-corrected chi connectivity index (χ4v) is 3.77. The summed E-state index contributed by atoms with van der Waals surface area (Å²) in [6.45, 7) is 2.45. The van der Waals surface area contributed by atoms with Gasteiger partial charge >= 0.3 is 5.97 Å². The molecule has 0 saturated heterocycles. The number of anilines is 1. The molecule has 11 nitrogen and oxygen atoms in total. The summed E-state index contributed by atoms with van der Waals surface area (Å²) >= 11 is 6.11. The second kappa shape index (κ2) is 10.5. The van der Waals surface area contributed by atoms with Gasteiger partial charge in [0.15, 0.2) is 0 Å². The first-order chi connectivity index (χ1) is 17.6. The highest BCUT2D eigenvalue weighted by molar-refractivity contribution is 6.34. The van der Waals surface area contributed by atoms with E-state index >= 15 is 0 Å². The van der Waals surface area contributed by atoms with Crippen LogP contribution >= 0.6 is 11.6 Å². The summed E-state index contributed by atoms with van der Waals surface area (Å²) in [6.07, 6.45) is -1.06. The molecule has 3 aromatic carbocycles. The molecule has 1 N–H and O–H groups in total. The number of hydrazone groups is 1. The van der Waals surface area contributed by atoms with Gasteiger partial charge in [0.1, 0.15) is 5.75 Å². The predicted molar refractivity (Wildman–Crippen MR) is 133 cm³/mol. The highest BCUT2D eigenvalue weighted by Gasteiger charge is 2.35. The van der Waals surface area contributed by atoms with Crippen molar-refractivity contribution in [1.82, 2.24) is 5.01 Å². The molecule has 4 rings (SSSR count). The second-order valence-electron chi connectivity index (χ2n) is 7.83. The van der Waals surface area contributed by atoms with Crippen molar-refractivity contribution in [2.45, 2.75) is 20.1 Å². The minimum Gasteiger partial charge on any atom is -0.446 e. The molecule has 1 aliphatic rings. The molecule has 37 heavy (non-hydrogen) atoms. The van der Waals surface area contributed by atoms with Gasteiger partial charge in [-0.3, -0.25) is 24.5 Å². The van der Waals surface area contributed by atoms with E-state index in [9.17, 15) is 24.5 Å². The number of carbonyl (C=O) groups is 3. The zero-order valence-corrected chi connectivity index (χ0v) is 20.3. The van der Waals surface area contributed by atoms with Crippen LogP contribution in [0.25, 0.3) is 0 Å². The number of hydrogen-bond acceptors (Lipinski definition) is 8. The van der Waals surface area contributed by atoms with E-state index in [-0.39, 0.29) is 33.5 Å². The van der Waals surface area contributed by atoms with Gasteiger partial charge in [0.25, 0.3) is 11.6 Å². The summed E-state index contributed by atoms with van der Waals surface area (Å²) in [5.74, 6) is -1.76. The Balaban J connectivity index is 1.65. The zero-order chi connectivity index (χ0) is 26.7. The van der Waals surface area contributed by atoms with E-state index < -0.39 is 28.9 Å². The number of ether oxygens (including phenoxy) is 2. The van der Waals surface area contributed by atoms with Crippen molar-refractivity contribution in [3.63, 3.8) is 0 Å². The maximum atomic E-state index is 12.7. The Morgan fingerprint density at radius 1 is 1.08 bits per heavy atom. The Labute approximate surface area is 215 Å². The Morgan fingerprint density at radius 2 is 1.84 bits per heavy atom. The standard InChI is InChI=1S/C25H19ClN4O7/c1-14(31)29-25(16-6-5-7-17(12-16)27-23(33)19-8-3-4-9-21(19)26)37-24(28-29)20-13-18(30(34)35)10-11-22(20)36-15(2)32/h3-13,25H,1-2H3,(H,27,33)/t25-/m1/s1. The number of carbonyl (C=O) groups excluding carboxylic acids is 3. The number of benzene rings is 3. The molecule has 12 heteroatoms. The fourth-order valence-electron chi connectivity index (χ4n) is 3.55. The lowest BCUT2D eigenvalue weighted by molar-refractivity contribution is -0.384. The molecular weight excluding hydrogens is 504 g/mol. The molecule has 0 spiro atoms. The normalized spacial score (nSPS) is 14.4. The number of non-ortho nitro benzene ring substituents is 1. The van der Waals surface area contributed by atoms with Gasteiger partial charge in [-0.2, -0.15) is 5.01 Å². The fraction of sp³-hybridized carbons (Fsp3) is 0.120. The number of amides is 2. The predicted octanol–water partition coefficient (Wildman–Crippen LogP) is 4.66. The number of nitrogens with zero attached hydrogens (tertiary/aromatic N) is 3. The maximum Gasteiger partial charge on any atom is 0.308 e. The first-order valence-corrected chi connectivity index (χ1v) is 11.2. The van der Waals surface area contributed by atoms with Gasteiger partial charge in [-0.1, -0.05) is 35.9 Å². The van der Waals surface area contributed by atoms with Crippen molar-refractivity contribution in [1.29, 1.82) is 0 Å². The zero-order valence-electron chi connectivity index (χ0n) is 19.5. The van der Waals surface area contributed by atoms with E-state index in [1.165, 1.54) is 26.0 Å². The van der Waals surface area contributed by atoms with Crippen LogP contribution in [0, 0.1) is 10.1 Å². The lowest BCUT2D eigenvalue weighted by atomic mass is 10.1. The lowest BCUT2D eigenvalue weighted by Crippen LogP contribution is -2.25. The van der Waals surface area contributed by atoms with Crippen LogP contribution in [0.3, 0.4) is 0 Å². The van der Waals surface area contributed by atoms with Crippen LogP contribution in [0.15, 0.2) is 71.8 Å². The molecule has 0 aromatic heterocycles. The topological polar surface area (TPSA) is 140 Å². The van der Waals surface area contributed by atoms with Gasteiger partial charge < -0.3 is 14.8 Å². The summed E-state index contributed by atoms with van der Waals surface area (Å²) in [6, 6.07) is 16.7. The quantitative estimate of drug-likeness (QED) is 0.215. The van der Waals surface area contributed by atoms with Crippen LogP contribution in [-0.4, -0.2) is 33.6 Å². The highest BCUT2D eigenvalue weighted by Crippen LogP contribution is 2.35. The van der Waals surface area contributed by atoms with Gasteiger partial charge in [-0.15, -0.1) is 5.10 Å². The van der Waals surface area contributed by atoms with Gasteiger partial charge in [0, 0.05) is 37.2 Å². The number of nitro benzene ring substituents is 1. The average Bonchev–Trinajstić information content (AvgIpc) is 3.30. The number of nitrogens with one attached hydrogen (secondary N) is 1. The molecule has 0 fully saturated rings. The first kappa shape index (κ1) is 25.3. The van der Waals surface area contributed by atoms with E-state index in [2.05, 4.69) is 10.4 Å². The van der Waals surface area contributed by atoms with Crippen LogP contribution in [0.4, 0.5) is 11.4 Å². The smallest absolute Gasteiger partial charge is 0.308 e. The molecule has 2 amide bonds. The van der Waals surface area contributed by atoms with Crippen molar-refractivity contribution in [3.05, 3.63) is 98.6 Å². The molecule has 0 bridgehead atoms. The monoisotopic (exact) mass is 522 g/mol. The Morgan fingerprint density at radius 3 is 2.51 bits per heavy atom. The molecule has 188 valence electrons. The molecule has 3 aromatic rings. The van der Waals surface area contributed by atoms with Gasteiger partial charge in [0.2, 0.25) is 18.0 Å². The number of halogens is 1. The van der Waals surface area contributed by atoms with Crippen molar-refractivity contribution in [2.75, 3.05) is 5.32 Å².